The number of rotatable bonds is 8. The van der Waals surface area contributed by atoms with Crippen molar-refractivity contribution in [1.29, 1.82) is 0 Å². The molecule has 0 saturated carbocycles. The first-order valence-electron chi connectivity index (χ1n) is 9.05. The average Bonchev–Trinajstić information content (AvgIpc) is 2.74. The van der Waals surface area contributed by atoms with Gasteiger partial charge in [0.15, 0.2) is 11.5 Å². The maximum absolute atomic E-state index is 12.2. The summed E-state index contributed by atoms with van der Waals surface area (Å²) in [5.41, 5.74) is 2.86. The molecule has 0 saturated heterocycles. The molecular formula is C22H21BrN2O4S. The van der Waals surface area contributed by atoms with Gasteiger partial charge < -0.3 is 9.47 Å². The van der Waals surface area contributed by atoms with Gasteiger partial charge in [0.05, 0.1) is 22.7 Å². The van der Waals surface area contributed by atoms with E-state index < -0.39 is 10.0 Å². The lowest BCUT2D eigenvalue weighted by atomic mass is 10.2. The molecule has 0 unspecified atom stereocenters. The molecule has 0 aromatic heterocycles. The van der Waals surface area contributed by atoms with Gasteiger partial charge in [0.25, 0.3) is 10.0 Å². The second-order valence-corrected chi connectivity index (χ2v) is 8.99. The minimum atomic E-state index is -3.72. The highest BCUT2D eigenvalue weighted by Crippen LogP contribution is 2.36. The van der Waals surface area contributed by atoms with Crippen LogP contribution in [0.15, 0.2) is 81.2 Å². The number of methoxy groups -OCH3 is 1. The first kappa shape index (κ1) is 21.9. The van der Waals surface area contributed by atoms with Gasteiger partial charge >= 0.3 is 0 Å². The SMILES string of the molecule is COc1cc(C=NNS(=O)(=O)c2ccccc2)cc(Br)c1OCc1ccc(C)cc1. The molecular weight excluding hydrogens is 468 g/mol. The molecule has 3 rings (SSSR count). The number of ether oxygens (including phenoxy) is 2. The van der Waals surface area contributed by atoms with Gasteiger partial charge in [-0.3, -0.25) is 0 Å². The lowest BCUT2D eigenvalue weighted by molar-refractivity contribution is 0.282. The zero-order valence-electron chi connectivity index (χ0n) is 16.5. The van der Waals surface area contributed by atoms with Gasteiger partial charge in [0, 0.05) is 0 Å². The van der Waals surface area contributed by atoms with Crippen molar-refractivity contribution in [2.75, 3.05) is 7.11 Å². The molecule has 0 aliphatic carbocycles. The van der Waals surface area contributed by atoms with E-state index in [0.717, 1.165) is 5.56 Å². The predicted molar refractivity (Wildman–Crippen MR) is 121 cm³/mol. The van der Waals surface area contributed by atoms with Crippen LogP contribution in [0.25, 0.3) is 0 Å². The van der Waals surface area contributed by atoms with E-state index in [1.807, 2.05) is 31.2 Å². The summed E-state index contributed by atoms with van der Waals surface area (Å²) in [6.07, 6.45) is 1.40. The van der Waals surface area contributed by atoms with Gasteiger partial charge in [-0.25, -0.2) is 4.83 Å². The first-order chi connectivity index (χ1) is 14.4. The molecule has 0 spiro atoms. The molecule has 3 aromatic rings. The van der Waals surface area contributed by atoms with Crippen molar-refractivity contribution < 1.29 is 17.9 Å². The lowest BCUT2D eigenvalue weighted by Crippen LogP contribution is -2.18. The molecule has 0 atom stereocenters. The van der Waals surface area contributed by atoms with E-state index >= 15 is 0 Å². The highest BCUT2D eigenvalue weighted by Gasteiger charge is 2.13. The quantitative estimate of drug-likeness (QED) is 0.369. The molecule has 0 bridgehead atoms. The van der Waals surface area contributed by atoms with Gasteiger partial charge in [-0.2, -0.15) is 13.5 Å². The third-order valence-corrected chi connectivity index (χ3v) is 6.02. The van der Waals surface area contributed by atoms with Crippen LogP contribution in [0.1, 0.15) is 16.7 Å². The van der Waals surface area contributed by atoms with Gasteiger partial charge in [0.2, 0.25) is 0 Å². The Morgan fingerprint density at radius 1 is 1.07 bits per heavy atom. The average molecular weight is 489 g/mol. The van der Waals surface area contributed by atoms with Crippen LogP contribution in [-0.4, -0.2) is 21.7 Å². The van der Waals surface area contributed by atoms with Crippen LogP contribution in [-0.2, 0) is 16.6 Å². The third kappa shape index (κ3) is 5.61. The Bertz CT molecular complexity index is 1130. The lowest BCUT2D eigenvalue weighted by Gasteiger charge is -2.13. The summed E-state index contributed by atoms with van der Waals surface area (Å²) in [7, 11) is -2.18. The van der Waals surface area contributed by atoms with Crippen LogP contribution in [0.5, 0.6) is 11.5 Å². The number of hydrogen-bond donors (Lipinski definition) is 1. The fourth-order valence-corrected chi connectivity index (χ4v) is 4.00. The molecule has 0 aliphatic heterocycles. The molecule has 156 valence electrons. The van der Waals surface area contributed by atoms with Crippen molar-refractivity contribution in [3.05, 3.63) is 87.9 Å². The maximum atomic E-state index is 12.2. The van der Waals surface area contributed by atoms with Crippen molar-refractivity contribution in [3.63, 3.8) is 0 Å². The summed E-state index contributed by atoms with van der Waals surface area (Å²) in [6.45, 7) is 2.42. The van der Waals surface area contributed by atoms with Gasteiger partial charge in [0.1, 0.15) is 6.61 Å². The largest absolute Gasteiger partial charge is 0.493 e. The maximum Gasteiger partial charge on any atom is 0.276 e. The van der Waals surface area contributed by atoms with Gasteiger partial charge in [-0.15, -0.1) is 0 Å². The van der Waals surface area contributed by atoms with Crippen LogP contribution >= 0.6 is 15.9 Å². The van der Waals surface area contributed by atoms with E-state index in [1.54, 1.807) is 37.4 Å². The Kier molecular flexibility index (Phi) is 7.12. The standard InChI is InChI=1S/C22H21BrN2O4S/c1-16-8-10-17(11-9-16)15-29-22-20(23)12-18(13-21(22)28-2)14-24-25-30(26,27)19-6-4-3-5-7-19/h3-14,25H,15H2,1-2H3. The Morgan fingerprint density at radius 2 is 1.77 bits per heavy atom. The Balaban J connectivity index is 1.73. The molecule has 30 heavy (non-hydrogen) atoms. The summed E-state index contributed by atoms with van der Waals surface area (Å²) >= 11 is 3.49. The van der Waals surface area contributed by atoms with E-state index in [0.29, 0.717) is 28.1 Å². The molecule has 0 aliphatic rings. The summed E-state index contributed by atoms with van der Waals surface area (Å²) in [4.78, 5) is 2.34. The number of nitrogens with one attached hydrogen (secondary N) is 1. The van der Waals surface area contributed by atoms with Crippen molar-refractivity contribution in [2.24, 2.45) is 5.10 Å². The molecule has 0 radical (unpaired) electrons. The highest BCUT2D eigenvalue weighted by molar-refractivity contribution is 9.10. The number of nitrogens with zero attached hydrogens (tertiary/aromatic N) is 1. The molecule has 8 heteroatoms. The van der Waals surface area contributed by atoms with Crippen LogP contribution < -0.4 is 14.3 Å². The number of hydrazone groups is 1. The number of halogens is 1. The minimum absolute atomic E-state index is 0.140. The minimum Gasteiger partial charge on any atom is -0.493 e. The van der Waals surface area contributed by atoms with E-state index in [9.17, 15) is 8.42 Å². The smallest absolute Gasteiger partial charge is 0.276 e. The zero-order chi connectivity index (χ0) is 21.6. The number of aryl methyl sites for hydroxylation is 1. The van der Waals surface area contributed by atoms with Crippen LogP contribution in [0.3, 0.4) is 0 Å². The fraction of sp³-hybridized carbons (Fsp3) is 0.136. The van der Waals surface area contributed by atoms with Crippen molar-refractivity contribution >= 4 is 32.2 Å². The molecule has 1 N–H and O–H groups in total. The van der Waals surface area contributed by atoms with E-state index in [1.165, 1.54) is 23.9 Å². The number of benzene rings is 3. The normalized spacial score (nSPS) is 11.4. The van der Waals surface area contributed by atoms with Crippen LogP contribution in [0.4, 0.5) is 0 Å². The Labute approximate surface area is 184 Å². The molecule has 0 amide bonds. The van der Waals surface area contributed by atoms with Crippen LogP contribution in [0, 0.1) is 6.92 Å². The summed E-state index contributed by atoms with van der Waals surface area (Å²) in [5, 5.41) is 3.86. The van der Waals surface area contributed by atoms with Gasteiger partial charge in [-0.1, -0.05) is 48.0 Å². The second-order valence-electron chi connectivity index (χ2n) is 6.47. The Hall–Kier alpha value is -2.84. The number of hydrogen-bond acceptors (Lipinski definition) is 5. The molecule has 6 nitrogen and oxygen atoms in total. The monoisotopic (exact) mass is 488 g/mol. The van der Waals surface area contributed by atoms with Crippen molar-refractivity contribution in [2.45, 2.75) is 18.4 Å². The topological polar surface area (TPSA) is 77.0 Å². The van der Waals surface area contributed by atoms with Crippen molar-refractivity contribution in [1.82, 2.24) is 4.83 Å². The summed E-state index contributed by atoms with van der Waals surface area (Å²) < 4.78 is 36.5. The fourth-order valence-electron chi connectivity index (χ4n) is 2.62. The molecule has 0 heterocycles. The summed E-state index contributed by atoms with van der Waals surface area (Å²) in [5.74, 6) is 1.06. The highest BCUT2D eigenvalue weighted by atomic mass is 79.9. The Morgan fingerprint density at radius 3 is 2.43 bits per heavy atom. The van der Waals surface area contributed by atoms with Crippen molar-refractivity contribution in [3.8, 4) is 11.5 Å². The van der Waals surface area contributed by atoms with Gasteiger partial charge in [-0.05, 0) is 58.2 Å². The zero-order valence-corrected chi connectivity index (χ0v) is 18.9. The molecule has 0 fully saturated rings. The van der Waals surface area contributed by atoms with E-state index in [2.05, 4.69) is 25.9 Å². The molecule has 3 aromatic carbocycles. The summed E-state index contributed by atoms with van der Waals surface area (Å²) in [6, 6.07) is 19.6. The first-order valence-corrected chi connectivity index (χ1v) is 11.3. The third-order valence-electron chi connectivity index (χ3n) is 4.20. The predicted octanol–water partition coefficient (Wildman–Crippen LogP) is 4.66. The second kappa shape index (κ2) is 9.77. The van der Waals surface area contributed by atoms with Crippen LogP contribution in [0.2, 0.25) is 0 Å². The number of sulfonamides is 1. The van der Waals surface area contributed by atoms with E-state index in [4.69, 9.17) is 9.47 Å². The van der Waals surface area contributed by atoms with E-state index in [-0.39, 0.29) is 4.90 Å².